The maximum atomic E-state index is 13.2. The van der Waals surface area contributed by atoms with Crippen LogP contribution in [0, 0.1) is 3.57 Å². The molecule has 0 aliphatic carbocycles. The van der Waals surface area contributed by atoms with Crippen LogP contribution in [0.1, 0.15) is 12.0 Å². The zero-order valence-corrected chi connectivity index (χ0v) is 21.3. The van der Waals surface area contributed by atoms with Gasteiger partial charge >= 0.3 is 0 Å². The van der Waals surface area contributed by atoms with Gasteiger partial charge in [0.25, 0.3) is 10.0 Å². The van der Waals surface area contributed by atoms with E-state index < -0.39 is 10.0 Å². The second kappa shape index (κ2) is 12.3. The number of nitrogens with zero attached hydrogens (tertiary/aromatic N) is 1. The van der Waals surface area contributed by atoms with Crippen molar-refractivity contribution in [1.82, 2.24) is 5.32 Å². The van der Waals surface area contributed by atoms with E-state index in [-0.39, 0.29) is 17.3 Å². The fourth-order valence-corrected chi connectivity index (χ4v) is 5.72. The fourth-order valence-electron chi connectivity index (χ4n) is 2.99. The zero-order chi connectivity index (χ0) is 22.8. The van der Waals surface area contributed by atoms with E-state index >= 15 is 0 Å². The monoisotopic (exact) mass is 580 g/mol. The Kier molecular flexibility index (Phi) is 9.43. The Hall–Kier alpha value is -2.04. The molecular formula is C24H25IN2O3S2. The van der Waals surface area contributed by atoms with Gasteiger partial charge in [0.1, 0.15) is 6.54 Å². The highest BCUT2D eigenvalue weighted by Gasteiger charge is 2.26. The van der Waals surface area contributed by atoms with E-state index in [4.69, 9.17) is 0 Å². The van der Waals surface area contributed by atoms with Crippen molar-refractivity contribution in [2.45, 2.75) is 17.1 Å². The van der Waals surface area contributed by atoms with E-state index in [1.165, 1.54) is 17.7 Å². The Morgan fingerprint density at radius 1 is 0.906 bits per heavy atom. The van der Waals surface area contributed by atoms with Crippen LogP contribution in [0.3, 0.4) is 0 Å². The summed E-state index contributed by atoms with van der Waals surface area (Å²) in [5, 5.41) is 2.86. The largest absolute Gasteiger partial charge is 0.354 e. The quantitative estimate of drug-likeness (QED) is 0.258. The highest BCUT2D eigenvalue weighted by molar-refractivity contribution is 14.1. The van der Waals surface area contributed by atoms with E-state index in [0.29, 0.717) is 12.2 Å². The van der Waals surface area contributed by atoms with Crippen LogP contribution in [-0.4, -0.2) is 33.2 Å². The van der Waals surface area contributed by atoms with E-state index in [1.807, 2.05) is 42.1 Å². The minimum Gasteiger partial charge on any atom is -0.354 e. The topological polar surface area (TPSA) is 66.5 Å². The van der Waals surface area contributed by atoms with E-state index in [9.17, 15) is 13.2 Å². The molecule has 0 unspecified atom stereocenters. The number of carbonyl (C=O) groups is 1. The lowest BCUT2D eigenvalue weighted by Crippen LogP contribution is -2.41. The van der Waals surface area contributed by atoms with Gasteiger partial charge in [-0.15, -0.1) is 0 Å². The second-order valence-electron chi connectivity index (χ2n) is 7.04. The van der Waals surface area contributed by atoms with Crippen LogP contribution in [-0.2, 0) is 20.6 Å². The molecule has 3 rings (SSSR count). The Balaban J connectivity index is 1.57. The summed E-state index contributed by atoms with van der Waals surface area (Å²) in [5.41, 5.74) is 1.74. The van der Waals surface area contributed by atoms with Crippen molar-refractivity contribution in [2.75, 3.05) is 23.1 Å². The average molecular weight is 581 g/mol. The average Bonchev–Trinajstić information content (AvgIpc) is 2.81. The van der Waals surface area contributed by atoms with Gasteiger partial charge in [0.15, 0.2) is 0 Å². The van der Waals surface area contributed by atoms with Crippen molar-refractivity contribution < 1.29 is 13.2 Å². The first kappa shape index (κ1) is 24.6. The van der Waals surface area contributed by atoms with Crippen molar-refractivity contribution in [1.29, 1.82) is 0 Å². The number of carbonyl (C=O) groups excluding carboxylic acids is 1. The molecule has 1 N–H and O–H groups in total. The predicted octanol–water partition coefficient (Wildman–Crippen LogP) is 4.93. The van der Waals surface area contributed by atoms with Gasteiger partial charge in [-0.1, -0.05) is 48.5 Å². The number of nitrogens with one attached hydrogen (secondary N) is 1. The van der Waals surface area contributed by atoms with Crippen LogP contribution in [0.5, 0.6) is 0 Å². The summed E-state index contributed by atoms with van der Waals surface area (Å²) in [6, 6.07) is 25.5. The first-order valence-corrected chi connectivity index (χ1v) is 13.9. The van der Waals surface area contributed by atoms with Gasteiger partial charge in [-0.3, -0.25) is 9.10 Å². The van der Waals surface area contributed by atoms with Gasteiger partial charge < -0.3 is 5.32 Å². The number of hydrogen-bond donors (Lipinski definition) is 1. The zero-order valence-electron chi connectivity index (χ0n) is 17.5. The fraction of sp³-hybridized carbons (Fsp3) is 0.208. The normalized spacial score (nSPS) is 11.2. The van der Waals surface area contributed by atoms with E-state index in [1.54, 1.807) is 30.3 Å². The van der Waals surface area contributed by atoms with Crippen molar-refractivity contribution in [3.05, 3.63) is 94.1 Å². The van der Waals surface area contributed by atoms with Crippen LogP contribution in [0.4, 0.5) is 5.69 Å². The molecule has 168 valence electrons. The molecule has 3 aromatic carbocycles. The lowest BCUT2D eigenvalue weighted by Gasteiger charge is -2.24. The molecular weight excluding hydrogens is 555 g/mol. The first-order valence-electron chi connectivity index (χ1n) is 10.2. The molecule has 0 atom stereocenters. The predicted molar refractivity (Wildman–Crippen MR) is 140 cm³/mol. The molecule has 0 saturated heterocycles. The van der Waals surface area contributed by atoms with E-state index in [0.717, 1.165) is 25.8 Å². The number of halogens is 1. The molecule has 1 amide bonds. The molecule has 0 fully saturated rings. The number of sulfonamides is 1. The smallest absolute Gasteiger partial charge is 0.264 e. The van der Waals surface area contributed by atoms with Gasteiger partial charge in [0.2, 0.25) is 5.91 Å². The summed E-state index contributed by atoms with van der Waals surface area (Å²) >= 11 is 3.97. The lowest BCUT2D eigenvalue weighted by atomic mass is 10.2. The maximum Gasteiger partial charge on any atom is 0.264 e. The van der Waals surface area contributed by atoms with Crippen molar-refractivity contribution >= 4 is 56.0 Å². The molecule has 0 radical (unpaired) electrons. The summed E-state index contributed by atoms with van der Waals surface area (Å²) in [7, 11) is -3.87. The second-order valence-corrected chi connectivity index (χ2v) is 11.3. The third kappa shape index (κ3) is 7.25. The molecule has 0 bridgehead atoms. The van der Waals surface area contributed by atoms with Crippen molar-refractivity contribution in [3.8, 4) is 0 Å². The minimum absolute atomic E-state index is 0.156. The Bertz CT molecular complexity index is 1090. The van der Waals surface area contributed by atoms with Gasteiger partial charge in [-0.2, -0.15) is 11.8 Å². The lowest BCUT2D eigenvalue weighted by molar-refractivity contribution is -0.119. The van der Waals surface area contributed by atoms with Crippen LogP contribution in [0.25, 0.3) is 0 Å². The number of hydrogen-bond acceptors (Lipinski definition) is 4. The standard InChI is InChI=1S/C24H25IN2O3S2/c25-21-12-14-22(15-13-21)27(32(29,30)23-10-5-2-6-11-23)18-24(28)26-16-7-17-31-19-20-8-3-1-4-9-20/h1-6,8-15H,7,16-19H2,(H,26,28). The van der Waals surface area contributed by atoms with Gasteiger partial charge in [0.05, 0.1) is 10.6 Å². The Morgan fingerprint density at radius 3 is 2.19 bits per heavy atom. The minimum atomic E-state index is -3.87. The van der Waals surface area contributed by atoms with Crippen LogP contribution < -0.4 is 9.62 Å². The van der Waals surface area contributed by atoms with Gasteiger partial charge in [-0.05, 0) is 76.7 Å². The number of anilines is 1. The van der Waals surface area contributed by atoms with E-state index in [2.05, 4.69) is 40.0 Å². The third-order valence-electron chi connectivity index (χ3n) is 4.63. The van der Waals surface area contributed by atoms with Crippen molar-refractivity contribution in [2.24, 2.45) is 0 Å². The van der Waals surface area contributed by atoms with Crippen LogP contribution >= 0.6 is 34.4 Å². The summed E-state index contributed by atoms with van der Waals surface area (Å²) in [6.45, 7) is 0.238. The Morgan fingerprint density at radius 2 is 1.53 bits per heavy atom. The molecule has 8 heteroatoms. The molecule has 5 nitrogen and oxygen atoms in total. The molecule has 3 aromatic rings. The maximum absolute atomic E-state index is 13.2. The van der Waals surface area contributed by atoms with Gasteiger partial charge in [-0.25, -0.2) is 8.42 Å². The van der Waals surface area contributed by atoms with Crippen molar-refractivity contribution in [3.63, 3.8) is 0 Å². The summed E-state index contributed by atoms with van der Waals surface area (Å²) < 4.78 is 28.6. The number of thioether (sulfide) groups is 1. The molecule has 0 saturated carbocycles. The summed E-state index contributed by atoms with van der Waals surface area (Å²) in [5.74, 6) is 1.53. The molecule has 0 spiro atoms. The first-order chi connectivity index (χ1) is 15.5. The molecule has 32 heavy (non-hydrogen) atoms. The van der Waals surface area contributed by atoms with Crippen LogP contribution in [0.2, 0.25) is 0 Å². The van der Waals surface area contributed by atoms with Gasteiger partial charge in [0, 0.05) is 15.9 Å². The molecule has 0 heterocycles. The molecule has 0 aliphatic heterocycles. The summed E-state index contributed by atoms with van der Waals surface area (Å²) in [6.07, 6.45) is 0.818. The summed E-state index contributed by atoms with van der Waals surface area (Å²) in [4.78, 5) is 12.8. The number of amides is 1. The Labute approximate surface area is 207 Å². The SMILES string of the molecule is O=C(CN(c1ccc(I)cc1)S(=O)(=O)c1ccccc1)NCCCSCc1ccccc1. The number of benzene rings is 3. The molecule has 0 aliphatic rings. The third-order valence-corrected chi connectivity index (χ3v) is 8.25. The van der Waals surface area contributed by atoms with Crippen LogP contribution in [0.15, 0.2) is 89.8 Å². The molecule has 0 aromatic heterocycles. The number of rotatable bonds is 11. The highest BCUT2D eigenvalue weighted by atomic mass is 127. The highest BCUT2D eigenvalue weighted by Crippen LogP contribution is 2.24.